The summed E-state index contributed by atoms with van der Waals surface area (Å²) in [5.74, 6) is 1.09. The summed E-state index contributed by atoms with van der Waals surface area (Å²) in [6.45, 7) is 4.74. The summed E-state index contributed by atoms with van der Waals surface area (Å²) in [4.78, 5) is 48.2. The van der Waals surface area contributed by atoms with E-state index in [-0.39, 0.29) is 42.9 Å². The molecule has 2 amide bonds. The van der Waals surface area contributed by atoms with Crippen LogP contribution < -0.4 is 25.2 Å². The van der Waals surface area contributed by atoms with Gasteiger partial charge in [-0.3, -0.25) is 24.0 Å². The molecule has 0 saturated carbocycles. The number of nitrogens with zero attached hydrogens (tertiary/aromatic N) is 5. The zero-order valence-corrected chi connectivity index (χ0v) is 23.3. The Balaban J connectivity index is 1.18. The summed E-state index contributed by atoms with van der Waals surface area (Å²) >= 11 is 1.13. The number of hydrogen-bond donors (Lipinski definition) is 2. The molecular formula is C28H29N7O5S. The van der Waals surface area contributed by atoms with E-state index in [1.54, 1.807) is 18.2 Å². The lowest BCUT2D eigenvalue weighted by atomic mass is 10.2. The summed E-state index contributed by atoms with van der Waals surface area (Å²) in [7, 11) is 0. The molecule has 6 rings (SSSR count). The van der Waals surface area contributed by atoms with Crippen LogP contribution in [-0.2, 0) is 16.1 Å². The average molecular weight is 576 g/mol. The Morgan fingerprint density at radius 2 is 1.80 bits per heavy atom. The molecular weight excluding hydrogens is 546 g/mol. The quantitative estimate of drug-likeness (QED) is 0.240. The van der Waals surface area contributed by atoms with Crippen molar-refractivity contribution < 1.29 is 19.1 Å². The molecule has 1 saturated heterocycles. The molecule has 2 N–H and O–H groups in total. The highest BCUT2D eigenvalue weighted by molar-refractivity contribution is 7.99. The lowest BCUT2D eigenvalue weighted by Crippen LogP contribution is -2.49. The highest BCUT2D eigenvalue weighted by atomic mass is 32.2. The maximum absolute atomic E-state index is 13.6. The van der Waals surface area contributed by atoms with Crippen molar-refractivity contribution in [2.45, 2.75) is 25.0 Å². The number of amides is 2. The fraction of sp³-hybridized carbons (Fsp3) is 0.321. The van der Waals surface area contributed by atoms with E-state index in [1.165, 1.54) is 4.57 Å². The van der Waals surface area contributed by atoms with Gasteiger partial charge in [0, 0.05) is 62.7 Å². The van der Waals surface area contributed by atoms with E-state index >= 15 is 0 Å². The molecule has 2 aliphatic rings. The summed E-state index contributed by atoms with van der Waals surface area (Å²) < 4.78 is 12.4. The van der Waals surface area contributed by atoms with Gasteiger partial charge in [0.15, 0.2) is 22.5 Å². The first-order chi connectivity index (χ1) is 19.9. The van der Waals surface area contributed by atoms with E-state index in [1.807, 2.05) is 30.0 Å². The van der Waals surface area contributed by atoms with Gasteiger partial charge in [-0.25, -0.2) is 4.98 Å². The number of benzene rings is 2. The van der Waals surface area contributed by atoms with Crippen molar-refractivity contribution >= 4 is 46.0 Å². The second-order valence-corrected chi connectivity index (χ2v) is 10.7. The van der Waals surface area contributed by atoms with Gasteiger partial charge in [-0.05, 0) is 25.1 Å². The zero-order valence-electron chi connectivity index (χ0n) is 22.5. The van der Waals surface area contributed by atoms with Crippen molar-refractivity contribution in [2.75, 3.05) is 48.9 Å². The van der Waals surface area contributed by atoms with Crippen LogP contribution in [0.3, 0.4) is 0 Å². The average Bonchev–Trinajstić information content (AvgIpc) is 3.63. The second-order valence-electron chi connectivity index (χ2n) is 9.80. The number of aromatic amines is 1. The minimum Gasteiger partial charge on any atom is -0.454 e. The molecule has 0 bridgehead atoms. The Morgan fingerprint density at radius 1 is 1.05 bits per heavy atom. The molecule has 12 nitrogen and oxygen atoms in total. The summed E-state index contributed by atoms with van der Waals surface area (Å²) in [6, 6.07) is 15.1. The molecule has 2 aromatic carbocycles. The number of carbonyl (C=O) groups excluding carboxylic acids is 2. The van der Waals surface area contributed by atoms with Gasteiger partial charge in [-0.1, -0.05) is 30.0 Å². The molecule has 0 aliphatic carbocycles. The fourth-order valence-corrected chi connectivity index (χ4v) is 5.73. The number of ether oxygens (including phenoxy) is 2. The predicted molar refractivity (Wildman–Crippen MR) is 155 cm³/mol. The first-order valence-electron chi connectivity index (χ1n) is 13.3. The molecule has 1 fully saturated rings. The van der Waals surface area contributed by atoms with Gasteiger partial charge in [0.1, 0.15) is 0 Å². The zero-order chi connectivity index (χ0) is 28.3. The van der Waals surface area contributed by atoms with Crippen LogP contribution in [0.2, 0.25) is 0 Å². The molecule has 212 valence electrons. The van der Waals surface area contributed by atoms with Gasteiger partial charge in [0.2, 0.25) is 18.6 Å². The largest absolute Gasteiger partial charge is 0.454 e. The van der Waals surface area contributed by atoms with Gasteiger partial charge >= 0.3 is 0 Å². The van der Waals surface area contributed by atoms with Gasteiger partial charge < -0.3 is 24.6 Å². The number of para-hydroxylation sites is 1. The Kier molecular flexibility index (Phi) is 7.51. The van der Waals surface area contributed by atoms with Gasteiger partial charge in [-0.15, -0.1) is 0 Å². The van der Waals surface area contributed by atoms with Crippen LogP contribution in [0.25, 0.3) is 10.9 Å². The molecule has 2 aliphatic heterocycles. The van der Waals surface area contributed by atoms with Crippen LogP contribution in [-0.4, -0.2) is 75.2 Å². The van der Waals surface area contributed by atoms with E-state index in [4.69, 9.17) is 9.47 Å². The van der Waals surface area contributed by atoms with E-state index in [0.29, 0.717) is 46.5 Å². The number of rotatable bonds is 8. The molecule has 13 heteroatoms. The Morgan fingerprint density at radius 3 is 2.54 bits per heavy atom. The normalized spacial score (nSPS) is 14.5. The minimum absolute atomic E-state index is 0.00377. The van der Waals surface area contributed by atoms with Crippen LogP contribution in [0.4, 0.5) is 11.5 Å². The van der Waals surface area contributed by atoms with Crippen molar-refractivity contribution in [3.63, 3.8) is 0 Å². The van der Waals surface area contributed by atoms with Gasteiger partial charge in [0.25, 0.3) is 5.56 Å². The van der Waals surface area contributed by atoms with Crippen molar-refractivity contribution in [3.8, 4) is 11.5 Å². The topological polar surface area (TPSA) is 135 Å². The van der Waals surface area contributed by atoms with E-state index in [0.717, 1.165) is 36.2 Å². The van der Waals surface area contributed by atoms with E-state index in [2.05, 4.69) is 37.5 Å². The smallest absolute Gasteiger partial charge is 0.262 e. The number of nitrogens with one attached hydrogen (secondary N) is 2. The van der Waals surface area contributed by atoms with Gasteiger partial charge in [-0.2, -0.15) is 5.10 Å². The molecule has 4 aromatic rings. The number of carbonyl (C=O) groups is 2. The third-order valence-electron chi connectivity index (χ3n) is 7.02. The number of thioether (sulfide) groups is 1. The highest BCUT2D eigenvalue weighted by Gasteiger charge is 2.23. The highest BCUT2D eigenvalue weighted by Crippen LogP contribution is 2.35. The van der Waals surface area contributed by atoms with Crippen LogP contribution in [0, 0.1) is 6.92 Å². The van der Waals surface area contributed by atoms with E-state index in [9.17, 15) is 14.4 Å². The Hall–Kier alpha value is -4.52. The Bertz CT molecular complexity index is 1650. The third kappa shape index (κ3) is 5.85. The van der Waals surface area contributed by atoms with Gasteiger partial charge in [0.05, 0.1) is 16.7 Å². The van der Waals surface area contributed by atoms with Crippen LogP contribution in [0.5, 0.6) is 11.5 Å². The van der Waals surface area contributed by atoms with Crippen LogP contribution in [0.15, 0.2) is 58.5 Å². The SMILES string of the molecule is Cc1cc(NC(=O)CSc2nc3cc4c(cc3c(=O)n2CCC(=O)N2CCN(c3ccccc3)CC2)OCO4)n[nH]1. The van der Waals surface area contributed by atoms with E-state index < -0.39 is 0 Å². The fourth-order valence-electron chi connectivity index (χ4n) is 4.91. The summed E-state index contributed by atoms with van der Waals surface area (Å²) in [5.41, 5.74) is 2.09. The predicted octanol–water partition coefficient (Wildman–Crippen LogP) is 2.63. The van der Waals surface area contributed by atoms with Crippen LogP contribution in [0.1, 0.15) is 12.1 Å². The molecule has 4 heterocycles. The van der Waals surface area contributed by atoms with Crippen molar-refractivity contribution in [3.05, 3.63) is 64.6 Å². The lowest BCUT2D eigenvalue weighted by Gasteiger charge is -2.36. The molecule has 0 unspecified atom stereocenters. The standard InChI is InChI=1S/C28H29N7O5S/c1-18-13-24(32-31-18)30-25(36)16-41-28-29-21-15-23-22(39-17-40-23)14-20(21)27(38)35(28)8-7-26(37)34-11-9-33(10-12-34)19-5-3-2-4-6-19/h2-6,13-15H,7-12,16-17H2,1H3,(H2,30,31,32,36). The Labute approximate surface area is 239 Å². The number of H-pyrrole nitrogens is 1. The van der Waals surface area contributed by atoms with Crippen molar-refractivity contribution in [2.24, 2.45) is 0 Å². The van der Waals surface area contributed by atoms with Crippen molar-refractivity contribution in [1.29, 1.82) is 0 Å². The molecule has 0 radical (unpaired) electrons. The number of piperazine rings is 1. The second kappa shape index (κ2) is 11.5. The summed E-state index contributed by atoms with van der Waals surface area (Å²) in [6.07, 6.45) is 0.134. The number of aryl methyl sites for hydroxylation is 1. The summed E-state index contributed by atoms with van der Waals surface area (Å²) in [5, 5.41) is 10.2. The first-order valence-corrected chi connectivity index (χ1v) is 14.3. The molecule has 41 heavy (non-hydrogen) atoms. The third-order valence-corrected chi connectivity index (χ3v) is 8.00. The lowest BCUT2D eigenvalue weighted by molar-refractivity contribution is -0.131. The minimum atomic E-state index is -0.305. The van der Waals surface area contributed by atoms with Crippen LogP contribution >= 0.6 is 11.8 Å². The monoisotopic (exact) mass is 575 g/mol. The molecule has 0 spiro atoms. The first kappa shape index (κ1) is 26.7. The number of fused-ring (bicyclic) bond motifs is 2. The number of aromatic nitrogens is 4. The molecule has 0 atom stereocenters. The number of anilines is 2. The maximum atomic E-state index is 13.6. The van der Waals surface area contributed by atoms with Crippen molar-refractivity contribution in [1.82, 2.24) is 24.6 Å². The molecule has 2 aromatic heterocycles. The number of hydrogen-bond acceptors (Lipinski definition) is 9. The maximum Gasteiger partial charge on any atom is 0.262 e.